The minimum absolute atomic E-state index is 0.101. The molecule has 5 rings (SSSR count). The number of aromatic nitrogens is 3. The van der Waals surface area contributed by atoms with Crippen LogP contribution in [0.2, 0.25) is 5.02 Å². The Hall–Kier alpha value is -4.10. The molecular formula is C24H16ClN3O4. The second kappa shape index (κ2) is 8.20. The lowest BCUT2D eigenvalue weighted by molar-refractivity contribution is 0.445. The lowest BCUT2D eigenvalue weighted by Gasteiger charge is -2.06. The summed E-state index contributed by atoms with van der Waals surface area (Å²) in [5, 5.41) is 18.7. The Balaban J connectivity index is 1.38. The van der Waals surface area contributed by atoms with Gasteiger partial charge in [0, 0.05) is 22.7 Å². The number of halogens is 1. The fourth-order valence-corrected chi connectivity index (χ4v) is 3.44. The summed E-state index contributed by atoms with van der Waals surface area (Å²) in [6.45, 7) is 0.394. The van der Waals surface area contributed by atoms with Crippen LogP contribution in [0.1, 0.15) is 5.56 Å². The third-order valence-corrected chi connectivity index (χ3v) is 5.07. The highest BCUT2D eigenvalue weighted by atomic mass is 35.5. The standard InChI is InChI=1S/C24H16ClN3O4/c25-17-7-5-16(6-8-17)23-12-21(30)20-10-15(4-9-22(20)32-23)13-28-14-24(26-27-28)31-19-3-1-2-18(29)11-19/h1-12,14,29H,13H2. The Labute approximate surface area is 187 Å². The van der Waals surface area contributed by atoms with Gasteiger partial charge in [-0.1, -0.05) is 34.0 Å². The predicted octanol–water partition coefficient (Wildman–Crippen LogP) is 5.25. The monoisotopic (exact) mass is 445 g/mol. The van der Waals surface area contributed by atoms with E-state index in [1.165, 1.54) is 12.1 Å². The molecule has 2 aromatic heterocycles. The molecule has 0 spiro atoms. The molecule has 0 radical (unpaired) electrons. The van der Waals surface area contributed by atoms with Gasteiger partial charge in [-0.3, -0.25) is 4.79 Å². The summed E-state index contributed by atoms with van der Waals surface area (Å²) in [6.07, 6.45) is 1.64. The molecule has 0 bridgehead atoms. The van der Waals surface area contributed by atoms with Gasteiger partial charge in [0.15, 0.2) is 5.43 Å². The summed E-state index contributed by atoms with van der Waals surface area (Å²) >= 11 is 5.94. The van der Waals surface area contributed by atoms with Crippen LogP contribution in [0.25, 0.3) is 22.3 Å². The summed E-state index contributed by atoms with van der Waals surface area (Å²) in [5.41, 5.74) is 2.00. The highest BCUT2D eigenvalue weighted by Gasteiger charge is 2.10. The lowest BCUT2D eigenvalue weighted by atomic mass is 10.1. The largest absolute Gasteiger partial charge is 0.508 e. The number of fused-ring (bicyclic) bond motifs is 1. The molecule has 3 aromatic carbocycles. The fraction of sp³-hybridized carbons (Fsp3) is 0.0417. The van der Waals surface area contributed by atoms with Crippen LogP contribution in [0, 0.1) is 0 Å². The molecule has 32 heavy (non-hydrogen) atoms. The average Bonchev–Trinajstić information content (AvgIpc) is 3.21. The van der Waals surface area contributed by atoms with Crippen LogP contribution in [0.5, 0.6) is 17.4 Å². The van der Waals surface area contributed by atoms with Gasteiger partial charge >= 0.3 is 0 Å². The Morgan fingerprint density at radius 2 is 1.88 bits per heavy atom. The molecule has 0 unspecified atom stereocenters. The predicted molar refractivity (Wildman–Crippen MR) is 120 cm³/mol. The van der Waals surface area contributed by atoms with Crippen molar-refractivity contribution >= 4 is 22.6 Å². The summed E-state index contributed by atoms with van der Waals surface area (Å²) < 4.78 is 13.1. The van der Waals surface area contributed by atoms with Crippen molar-refractivity contribution in [2.24, 2.45) is 0 Å². The number of phenolic OH excluding ortho intramolecular Hbond substituents is 1. The highest BCUT2D eigenvalue weighted by Crippen LogP contribution is 2.25. The maximum Gasteiger partial charge on any atom is 0.258 e. The molecule has 0 aliphatic carbocycles. The summed E-state index contributed by atoms with van der Waals surface area (Å²) in [5.74, 6) is 1.33. The van der Waals surface area contributed by atoms with Crippen molar-refractivity contribution in [3.63, 3.8) is 0 Å². The number of aromatic hydroxyl groups is 1. The smallest absolute Gasteiger partial charge is 0.258 e. The zero-order valence-electron chi connectivity index (χ0n) is 16.6. The van der Waals surface area contributed by atoms with E-state index < -0.39 is 0 Å². The third kappa shape index (κ3) is 4.19. The summed E-state index contributed by atoms with van der Waals surface area (Å²) in [6, 6.07) is 20.4. The van der Waals surface area contributed by atoms with Crippen molar-refractivity contribution in [2.75, 3.05) is 0 Å². The average molecular weight is 446 g/mol. The van der Waals surface area contributed by atoms with Crippen molar-refractivity contribution in [1.82, 2.24) is 15.0 Å². The van der Waals surface area contributed by atoms with Crippen LogP contribution < -0.4 is 10.2 Å². The van der Waals surface area contributed by atoms with Crippen LogP contribution in [-0.2, 0) is 6.54 Å². The molecular weight excluding hydrogens is 430 g/mol. The number of benzene rings is 3. The number of nitrogens with zero attached hydrogens (tertiary/aromatic N) is 3. The van der Waals surface area contributed by atoms with Crippen molar-refractivity contribution < 1.29 is 14.3 Å². The van der Waals surface area contributed by atoms with Crippen LogP contribution in [0.15, 0.2) is 88.2 Å². The minimum atomic E-state index is -0.135. The zero-order chi connectivity index (χ0) is 22.1. The number of hydrogen-bond donors (Lipinski definition) is 1. The summed E-state index contributed by atoms with van der Waals surface area (Å²) in [4.78, 5) is 12.7. The first-order valence-corrected chi connectivity index (χ1v) is 10.1. The van der Waals surface area contributed by atoms with E-state index in [0.29, 0.717) is 39.9 Å². The number of ether oxygens (including phenoxy) is 1. The lowest BCUT2D eigenvalue weighted by Crippen LogP contribution is -2.04. The maximum absolute atomic E-state index is 12.7. The molecule has 0 saturated heterocycles. The van der Waals surface area contributed by atoms with Gasteiger partial charge in [-0.2, -0.15) is 0 Å². The fourth-order valence-electron chi connectivity index (χ4n) is 3.32. The molecule has 8 heteroatoms. The Morgan fingerprint density at radius 1 is 1.03 bits per heavy atom. The normalized spacial score (nSPS) is 11.0. The third-order valence-electron chi connectivity index (χ3n) is 4.82. The molecule has 158 valence electrons. The van der Waals surface area contributed by atoms with Crippen LogP contribution >= 0.6 is 11.6 Å². The van der Waals surface area contributed by atoms with Crippen LogP contribution in [0.4, 0.5) is 0 Å². The van der Waals surface area contributed by atoms with E-state index >= 15 is 0 Å². The van der Waals surface area contributed by atoms with Crippen LogP contribution in [-0.4, -0.2) is 20.1 Å². The van der Waals surface area contributed by atoms with E-state index in [2.05, 4.69) is 10.3 Å². The molecule has 7 nitrogen and oxygen atoms in total. The molecule has 5 aromatic rings. The molecule has 0 aliphatic heterocycles. The molecule has 0 saturated carbocycles. The number of rotatable bonds is 5. The first kappa shape index (κ1) is 19.8. The van der Waals surface area contributed by atoms with Gasteiger partial charge in [0.05, 0.1) is 18.1 Å². The quantitative estimate of drug-likeness (QED) is 0.397. The van der Waals surface area contributed by atoms with Crippen molar-refractivity contribution in [2.45, 2.75) is 6.54 Å². The molecule has 0 aliphatic rings. The summed E-state index contributed by atoms with van der Waals surface area (Å²) in [7, 11) is 0. The van der Waals surface area contributed by atoms with E-state index in [9.17, 15) is 9.90 Å². The van der Waals surface area contributed by atoms with Gasteiger partial charge in [-0.15, -0.1) is 0 Å². The second-order valence-corrected chi connectivity index (χ2v) is 7.60. The van der Waals surface area contributed by atoms with Gasteiger partial charge in [0.2, 0.25) is 0 Å². The molecule has 1 N–H and O–H groups in total. The first-order valence-electron chi connectivity index (χ1n) is 9.73. The van der Waals surface area contributed by atoms with Crippen molar-refractivity contribution in [3.8, 4) is 28.7 Å². The molecule has 0 fully saturated rings. The van der Waals surface area contributed by atoms with Crippen molar-refractivity contribution in [3.05, 3.63) is 99.8 Å². The van der Waals surface area contributed by atoms with E-state index in [0.717, 1.165) is 11.1 Å². The SMILES string of the molecule is O=c1cc(-c2ccc(Cl)cc2)oc2ccc(Cn3cc(Oc4cccc(O)c4)nn3)cc12. The van der Waals surface area contributed by atoms with Gasteiger partial charge in [0.1, 0.15) is 22.8 Å². The minimum Gasteiger partial charge on any atom is -0.508 e. The van der Waals surface area contributed by atoms with Gasteiger partial charge < -0.3 is 14.3 Å². The van der Waals surface area contributed by atoms with Gasteiger partial charge in [0.25, 0.3) is 5.88 Å². The van der Waals surface area contributed by atoms with Gasteiger partial charge in [-0.25, -0.2) is 4.68 Å². The Bertz CT molecular complexity index is 1480. The zero-order valence-corrected chi connectivity index (χ0v) is 17.4. The molecule has 2 heterocycles. The Kier molecular flexibility index (Phi) is 5.09. The topological polar surface area (TPSA) is 90.4 Å². The maximum atomic E-state index is 12.7. The van der Waals surface area contributed by atoms with E-state index in [1.54, 1.807) is 53.3 Å². The molecule has 0 atom stereocenters. The number of phenols is 1. The van der Waals surface area contributed by atoms with E-state index in [1.807, 2.05) is 18.2 Å². The van der Waals surface area contributed by atoms with E-state index in [-0.39, 0.29) is 11.2 Å². The highest BCUT2D eigenvalue weighted by molar-refractivity contribution is 6.30. The van der Waals surface area contributed by atoms with E-state index in [4.69, 9.17) is 20.8 Å². The Morgan fingerprint density at radius 3 is 2.69 bits per heavy atom. The second-order valence-electron chi connectivity index (χ2n) is 7.17. The van der Waals surface area contributed by atoms with Crippen molar-refractivity contribution in [1.29, 1.82) is 0 Å². The molecule has 0 amide bonds. The van der Waals surface area contributed by atoms with Crippen LogP contribution in [0.3, 0.4) is 0 Å². The number of hydrogen-bond acceptors (Lipinski definition) is 6. The first-order chi connectivity index (χ1) is 15.5. The van der Waals surface area contributed by atoms with Gasteiger partial charge in [-0.05, 0) is 54.1 Å².